The second kappa shape index (κ2) is 9.40. The molecular formula is C26H30ClNO4S. The number of aliphatic carboxylic acids is 1. The molecule has 0 atom stereocenters. The number of unbranched alkanes of at least 4 members (excludes halogenated alkanes) is 1. The van der Waals surface area contributed by atoms with Crippen molar-refractivity contribution in [2.75, 3.05) is 4.72 Å². The van der Waals surface area contributed by atoms with Crippen LogP contribution in [0.4, 0.5) is 5.69 Å². The molecule has 0 fully saturated rings. The minimum atomic E-state index is -3.85. The molecule has 33 heavy (non-hydrogen) atoms. The van der Waals surface area contributed by atoms with Crippen LogP contribution in [0.15, 0.2) is 41.3 Å². The number of fused-ring (bicyclic) bond motifs is 1. The van der Waals surface area contributed by atoms with Crippen LogP contribution >= 0.6 is 11.6 Å². The van der Waals surface area contributed by atoms with Gasteiger partial charge >= 0.3 is 5.97 Å². The fourth-order valence-electron chi connectivity index (χ4n) is 4.13. The second-order valence-corrected chi connectivity index (χ2v) is 11.9. The number of sulfonamides is 1. The van der Waals surface area contributed by atoms with Gasteiger partial charge in [0.2, 0.25) is 0 Å². The molecule has 2 N–H and O–H groups in total. The van der Waals surface area contributed by atoms with Crippen LogP contribution in [0.5, 0.6) is 0 Å². The molecule has 0 heterocycles. The van der Waals surface area contributed by atoms with Crippen molar-refractivity contribution >= 4 is 33.3 Å². The standard InChI is InChI=1S/C26H30ClNO4S/c1-25(2)14-15-26(3,4)22-17-20(11-12-21(22)25)33(31,32)28-23-13-10-19(27)16-18(23)8-6-5-7-9-24(29)30/h10-13,16-17,28H,5,7,9,14-15H2,1-4H3,(H,29,30). The number of carboxylic acid groups (broad SMARTS) is 1. The Labute approximate surface area is 201 Å². The molecule has 0 unspecified atom stereocenters. The highest BCUT2D eigenvalue weighted by molar-refractivity contribution is 7.92. The van der Waals surface area contributed by atoms with Crippen molar-refractivity contribution in [2.24, 2.45) is 0 Å². The molecule has 0 saturated carbocycles. The molecule has 3 rings (SSSR count). The van der Waals surface area contributed by atoms with E-state index in [0.29, 0.717) is 29.1 Å². The Bertz CT molecular complexity index is 1240. The number of halogens is 1. The van der Waals surface area contributed by atoms with Crippen LogP contribution in [0.25, 0.3) is 0 Å². The zero-order chi connectivity index (χ0) is 24.4. The van der Waals surface area contributed by atoms with E-state index in [1.807, 2.05) is 6.07 Å². The number of anilines is 1. The van der Waals surface area contributed by atoms with Gasteiger partial charge in [-0.1, -0.05) is 57.2 Å². The van der Waals surface area contributed by atoms with E-state index in [4.69, 9.17) is 16.7 Å². The normalized spacial score (nSPS) is 16.3. The SMILES string of the molecule is CC1(C)CCC(C)(C)c2cc(S(=O)(=O)Nc3ccc(Cl)cc3C#CCCCC(=O)O)ccc21. The molecule has 0 amide bonds. The highest BCUT2D eigenvalue weighted by atomic mass is 35.5. The summed E-state index contributed by atoms with van der Waals surface area (Å²) in [6.45, 7) is 8.70. The Hall–Kier alpha value is -2.49. The van der Waals surface area contributed by atoms with Crippen molar-refractivity contribution < 1.29 is 18.3 Å². The molecular weight excluding hydrogens is 458 g/mol. The van der Waals surface area contributed by atoms with E-state index < -0.39 is 16.0 Å². The fraction of sp³-hybridized carbons (Fsp3) is 0.423. The van der Waals surface area contributed by atoms with Crippen LogP contribution in [0.3, 0.4) is 0 Å². The quantitative estimate of drug-likeness (QED) is 0.381. The first-order valence-corrected chi connectivity index (χ1v) is 12.9. The van der Waals surface area contributed by atoms with Crippen molar-refractivity contribution in [3.05, 3.63) is 58.1 Å². The molecule has 0 aliphatic heterocycles. The second-order valence-electron chi connectivity index (χ2n) is 9.82. The van der Waals surface area contributed by atoms with Gasteiger partial charge in [0.15, 0.2) is 0 Å². The third kappa shape index (κ3) is 5.90. The van der Waals surface area contributed by atoms with Gasteiger partial charge in [-0.15, -0.1) is 0 Å². The molecule has 0 aromatic heterocycles. The highest BCUT2D eigenvalue weighted by Gasteiger charge is 2.37. The van der Waals surface area contributed by atoms with Crippen molar-refractivity contribution in [3.63, 3.8) is 0 Å². The molecule has 0 radical (unpaired) electrons. The van der Waals surface area contributed by atoms with E-state index in [0.717, 1.165) is 18.4 Å². The molecule has 1 aliphatic rings. The number of carbonyl (C=O) groups is 1. The maximum atomic E-state index is 13.3. The summed E-state index contributed by atoms with van der Waals surface area (Å²) in [5.41, 5.74) is 2.93. The number of carboxylic acids is 1. The summed E-state index contributed by atoms with van der Waals surface area (Å²) < 4.78 is 29.2. The predicted molar refractivity (Wildman–Crippen MR) is 132 cm³/mol. The van der Waals surface area contributed by atoms with Crippen molar-refractivity contribution in [1.82, 2.24) is 0 Å². The van der Waals surface area contributed by atoms with Crippen LogP contribution < -0.4 is 4.72 Å². The van der Waals surface area contributed by atoms with Gasteiger partial charge in [-0.05, 0) is 71.6 Å². The summed E-state index contributed by atoms with van der Waals surface area (Å²) in [7, 11) is -3.85. The predicted octanol–water partition coefficient (Wildman–Crippen LogP) is 6.10. The van der Waals surface area contributed by atoms with Crippen LogP contribution in [-0.4, -0.2) is 19.5 Å². The molecule has 0 bridgehead atoms. The fourth-order valence-corrected chi connectivity index (χ4v) is 5.41. The Morgan fingerprint density at radius 3 is 2.39 bits per heavy atom. The first kappa shape index (κ1) is 25.1. The summed E-state index contributed by atoms with van der Waals surface area (Å²) in [6.07, 6.45) is 2.89. The summed E-state index contributed by atoms with van der Waals surface area (Å²) in [6, 6.07) is 10.2. The van der Waals surface area contributed by atoms with Gasteiger partial charge in [0, 0.05) is 17.9 Å². The van der Waals surface area contributed by atoms with E-state index in [1.54, 1.807) is 30.3 Å². The average Bonchev–Trinajstić information content (AvgIpc) is 2.72. The third-order valence-electron chi connectivity index (χ3n) is 6.28. The van der Waals surface area contributed by atoms with Crippen molar-refractivity contribution in [2.45, 2.75) is 75.5 Å². The maximum Gasteiger partial charge on any atom is 0.303 e. The number of hydrogen-bond donors (Lipinski definition) is 2. The number of nitrogens with one attached hydrogen (secondary N) is 1. The molecule has 7 heteroatoms. The molecule has 0 saturated heterocycles. The van der Waals surface area contributed by atoms with E-state index >= 15 is 0 Å². The van der Waals surface area contributed by atoms with Crippen molar-refractivity contribution in [1.29, 1.82) is 0 Å². The monoisotopic (exact) mass is 487 g/mol. The minimum absolute atomic E-state index is 0.000149. The Morgan fingerprint density at radius 2 is 1.73 bits per heavy atom. The van der Waals surface area contributed by atoms with Crippen LogP contribution in [-0.2, 0) is 25.6 Å². The Balaban J connectivity index is 1.92. The van der Waals surface area contributed by atoms with Gasteiger partial charge in [-0.3, -0.25) is 9.52 Å². The largest absolute Gasteiger partial charge is 0.481 e. The van der Waals surface area contributed by atoms with Crippen molar-refractivity contribution in [3.8, 4) is 11.8 Å². The first-order valence-electron chi connectivity index (χ1n) is 11.0. The smallest absolute Gasteiger partial charge is 0.303 e. The lowest BCUT2D eigenvalue weighted by Gasteiger charge is -2.42. The molecule has 5 nitrogen and oxygen atoms in total. The maximum absolute atomic E-state index is 13.3. The lowest BCUT2D eigenvalue weighted by molar-refractivity contribution is -0.137. The topological polar surface area (TPSA) is 83.5 Å². The number of hydrogen-bond acceptors (Lipinski definition) is 3. The Kier molecular flexibility index (Phi) is 7.16. The van der Waals surface area contributed by atoms with Gasteiger partial charge in [-0.25, -0.2) is 8.42 Å². The lowest BCUT2D eigenvalue weighted by atomic mass is 9.63. The molecule has 2 aromatic rings. The molecule has 176 valence electrons. The van der Waals surface area contributed by atoms with E-state index in [-0.39, 0.29) is 22.1 Å². The zero-order valence-electron chi connectivity index (χ0n) is 19.5. The van der Waals surface area contributed by atoms with Gasteiger partial charge in [0.05, 0.1) is 16.1 Å². The van der Waals surface area contributed by atoms with Crippen LogP contribution in [0, 0.1) is 11.8 Å². The summed E-state index contributed by atoms with van der Waals surface area (Å²) >= 11 is 6.10. The lowest BCUT2D eigenvalue weighted by Crippen LogP contribution is -2.34. The summed E-state index contributed by atoms with van der Waals surface area (Å²) in [5.74, 6) is 4.95. The average molecular weight is 488 g/mol. The van der Waals surface area contributed by atoms with Gasteiger partial charge in [0.1, 0.15) is 0 Å². The molecule has 2 aromatic carbocycles. The van der Waals surface area contributed by atoms with E-state index in [1.165, 1.54) is 5.56 Å². The van der Waals surface area contributed by atoms with Gasteiger partial charge < -0.3 is 5.11 Å². The number of benzene rings is 2. The minimum Gasteiger partial charge on any atom is -0.481 e. The number of rotatable bonds is 6. The van der Waals surface area contributed by atoms with Crippen LogP contribution in [0.1, 0.15) is 76.5 Å². The molecule has 0 spiro atoms. The summed E-state index contributed by atoms with van der Waals surface area (Å²) in [5, 5.41) is 9.17. The van der Waals surface area contributed by atoms with E-state index in [2.05, 4.69) is 44.3 Å². The highest BCUT2D eigenvalue weighted by Crippen LogP contribution is 2.46. The third-order valence-corrected chi connectivity index (χ3v) is 7.87. The Morgan fingerprint density at radius 1 is 1.06 bits per heavy atom. The van der Waals surface area contributed by atoms with Gasteiger partial charge in [0.25, 0.3) is 10.0 Å². The first-order chi connectivity index (χ1) is 15.3. The summed E-state index contributed by atoms with van der Waals surface area (Å²) in [4.78, 5) is 10.9. The van der Waals surface area contributed by atoms with E-state index in [9.17, 15) is 13.2 Å². The van der Waals surface area contributed by atoms with Gasteiger partial charge in [-0.2, -0.15) is 0 Å². The zero-order valence-corrected chi connectivity index (χ0v) is 21.0. The molecule has 1 aliphatic carbocycles. The van der Waals surface area contributed by atoms with Crippen LogP contribution in [0.2, 0.25) is 5.02 Å².